The molecule has 3 heteroatoms. The molecule has 0 saturated heterocycles. The van der Waals surface area contributed by atoms with E-state index in [1.807, 2.05) is 24.3 Å². The van der Waals surface area contributed by atoms with Crippen LogP contribution >= 0.6 is 0 Å². The van der Waals surface area contributed by atoms with E-state index < -0.39 is 0 Å². The van der Waals surface area contributed by atoms with E-state index in [2.05, 4.69) is 5.32 Å². The van der Waals surface area contributed by atoms with Crippen molar-refractivity contribution in [3.05, 3.63) is 29.8 Å². The predicted molar refractivity (Wildman–Crippen MR) is 52.9 cm³/mol. The first kappa shape index (κ1) is 7.69. The Hall–Kier alpha value is -1.95. The Kier molecular flexibility index (Phi) is 1.67. The maximum absolute atomic E-state index is 8.53. The van der Waals surface area contributed by atoms with Gasteiger partial charge in [0.05, 0.1) is 6.07 Å². The number of nitrogen functional groups attached to an aromatic ring is 1. The summed E-state index contributed by atoms with van der Waals surface area (Å²) in [5, 5.41) is 11.7. The van der Waals surface area contributed by atoms with Crippen LogP contribution in [-0.2, 0) is 0 Å². The molecule has 0 spiro atoms. The maximum atomic E-state index is 8.53. The number of anilines is 2. The smallest absolute Gasteiger partial charge is 0.0915 e. The molecule has 0 unspecified atom stereocenters. The molecule has 0 bridgehead atoms. The van der Waals surface area contributed by atoms with Crippen LogP contribution in [0.25, 0.3) is 5.57 Å². The lowest BCUT2D eigenvalue weighted by Gasteiger charge is -1.99. The topological polar surface area (TPSA) is 61.8 Å². The zero-order valence-electron chi connectivity index (χ0n) is 7.04. The number of hydrogen-bond donors (Lipinski definition) is 2. The Balaban J connectivity index is 2.51. The molecule has 1 aromatic carbocycles. The van der Waals surface area contributed by atoms with Gasteiger partial charge in [-0.1, -0.05) is 6.07 Å². The molecule has 1 heterocycles. The van der Waals surface area contributed by atoms with E-state index >= 15 is 0 Å². The molecule has 0 radical (unpaired) electrons. The standard InChI is InChI=1S/C10H9N3/c11-4-3-7-6-13-10-5-8(12)1-2-9(7)10/h1-3,5,13H,6,12H2. The van der Waals surface area contributed by atoms with Crippen LogP contribution in [0.5, 0.6) is 0 Å². The first-order chi connectivity index (χ1) is 6.31. The van der Waals surface area contributed by atoms with E-state index in [9.17, 15) is 0 Å². The zero-order chi connectivity index (χ0) is 9.26. The summed E-state index contributed by atoms with van der Waals surface area (Å²) in [6.45, 7) is 0.715. The van der Waals surface area contributed by atoms with Crippen molar-refractivity contribution in [2.24, 2.45) is 0 Å². The number of nitrogens with zero attached hydrogens (tertiary/aromatic N) is 1. The highest BCUT2D eigenvalue weighted by molar-refractivity contribution is 5.86. The number of fused-ring (bicyclic) bond motifs is 1. The van der Waals surface area contributed by atoms with Gasteiger partial charge < -0.3 is 11.1 Å². The number of allylic oxidation sites excluding steroid dienone is 1. The first-order valence-corrected chi connectivity index (χ1v) is 4.03. The lowest BCUT2D eigenvalue weighted by atomic mass is 10.1. The van der Waals surface area contributed by atoms with Crippen molar-refractivity contribution < 1.29 is 0 Å². The van der Waals surface area contributed by atoms with Crippen molar-refractivity contribution in [1.29, 1.82) is 5.26 Å². The van der Waals surface area contributed by atoms with Crippen LogP contribution in [-0.4, -0.2) is 6.54 Å². The quantitative estimate of drug-likeness (QED) is 0.460. The summed E-state index contributed by atoms with van der Waals surface area (Å²) in [4.78, 5) is 0. The van der Waals surface area contributed by atoms with Gasteiger partial charge in [-0.3, -0.25) is 0 Å². The van der Waals surface area contributed by atoms with Gasteiger partial charge in [-0.25, -0.2) is 0 Å². The third kappa shape index (κ3) is 1.23. The van der Waals surface area contributed by atoms with E-state index in [1.54, 1.807) is 6.08 Å². The van der Waals surface area contributed by atoms with Crippen molar-refractivity contribution in [3.8, 4) is 6.07 Å². The largest absolute Gasteiger partial charge is 0.399 e. The van der Waals surface area contributed by atoms with Crippen LogP contribution in [0.15, 0.2) is 24.3 Å². The molecule has 13 heavy (non-hydrogen) atoms. The van der Waals surface area contributed by atoms with Crippen LogP contribution in [0, 0.1) is 11.3 Å². The summed E-state index contributed by atoms with van der Waals surface area (Å²) < 4.78 is 0. The summed E-state index contributed by atoms with van der Waals surface area (Å²) in [5.74, 6) is 0. The molecule has 0 fully saturated rings. The van der Waals surface area contributed by atoms with Gasteiger partial charge in [-0.15, -0.1) is 0 Å². The van der Waals surface area contributed by atoms with Gasteiger partial charge in [-0.05, 0) is 17.7 Å². The van der Waals surface area contributed by atoms with Crippen LogP contribution in [0.1, 0.15) is 5.56 Å². The second-order valence-corrected chi connectivity index (χ2v) is 2.96. The Morgan fingerprint density at radius 3 is 3.15 bits per heavy atom. The van der Waals surface area contributed by atoms with Gasteiger partial charge >= 0.3 is 0 Å². The van der Waals surface area contributed by atoms with Gasteiger partial charge in [0.15, 0.2) is 0 Å². The van der Waals surface area contributed by atoms with Crippen LogP contribution in [0.2, 0.25) is 0 Å². The minimum Gasteiger partial charge on any atom is -0.399 e. The number of benzene rings is 1. The molecule has 0 aromatic heterocycles. The highest BCUT2D eigenvalue weighted by Gasteiger charge is 2.14. The molecule has 1 aliphatic rings. The molecule has 1 aliphatic heterocycles. The number of hydrogen-bond acceptors (Lipinski definition) is 3. The first-order valence-electron chi connectivity index (χ1n) is 4.03. The number of nitrogens with two attached hydrogens (primary N) is 1. The third-order valence-electron chi connectivity index (χ3n) is 2.10. The SMILES string of the molecule is N#CC=C1CNc2cc(N)ccc21. The van der Waals surface area contributed by atoms with Crippen molar-refractivity contribution >= 4 is 16.9 Å². The molecule has 0 amide bonds. The highest BCUT2D eigenvalue weighted by Crippen LogP contribution is 2.31. The van der Waals surface area contributed by atoms with Crippen molar-refractivity contribution in [3.63, 3.8) is 0 Å². The van der Waals surface area contributed by atoms with Gasteiger partial charge in [0, 0.05) is 29.6 Å². The van der Waals surface area contributed by atoms with Gasteiger partial charge in [0.2, 0.25) is 0 Å². The van der Waals surface area contributed by atoms with Crippen molar-refractivity contribution in [2.75, 3.05) is 17.6 Å². The molecular weight excluding hydrogens is 162 g/mol. The molecule has 0 aliphatic carbocycles. The minimum atomic E-state index is 0.715. The Morgan fingerprint density at radius 1 is 1.54 bits per heavy atom. The Bertz CT molecular complexity index is 413. The van der Waals surface area contributed by atoms with E-state index in [4.69, 9.17) is 11.0 Å². The van der Waals surface area contributed by atoms with Crippen molar-refractivity contribution in [2.45, 2.75) is 0 Å². The Morgan fingerprint density at radius 2 is 2.38 bits per heavy atom. The maximum Gasteiger partial charge on any atom is 0.0915 e. The monoisotopic (exact) mass is 171 g/mol. The summed E-state index contributed by atoms with van der Waals surface area (Å²) in [7, 11) is 0. The van der Waals surface area contributed by atoms with Crippen molar-refractivity contribution in [1.82, 2.24) is 0 Å². The molecule has 0 saturated carbocycles. The third-order valence-corrected chi connectivity index (χ3v) is 2.10. The summed E-state index contributed by atoms with van der Waals surface area (Å²) in [6, 6.07) is 7.70. The Labute approximate surface area is 76.5 Å². The molecule has 3 nitrogen and oxygen atoms in total. The van der Waals surface area contributed by atoms with E-state index in [1.165, 1.54) is 0 Å². The second-order valence-electron chi connectivity index (χ2n) is 2.96. The predicted octanol–water partition coefficient (Wildman–Crippen LogP) is 1.60. The average Bonchev–Trinajstić information content (AvgIpc) is 2.49. The zero-order valence-corrected chi connectivity index (χ0v) is 7.04. The molecule has 2 rings (SSSR count). The fourth-order valence-corrected chi connectivity index (χ4v) is 1.48. The molecule has 64 valence electrons. The van der Waals surface area contributed by atoms with Gasteiger partial charge in [0.1, 0.15) is 0 Å². The van der Waals surface area contributed by atoms with E-state index in [-0.39, 0.29) is 0 Å². The molecular formula is C10H9N3. The lowest BCUT2D eigenvalue weighted by Crippen LogP contribution is -1.91. The highest BCUT2D eigenvalue weighted by atomic mass is 14.9. The van der Waals surface area contributed by atoms with Gasteiger partial charge in [0.25, 0.3) is 0 Å². The molecule has 1 aromatic rings. The van der Waals surface area contributed by atoms with Crippen LogP contribution < -0.4 is 11.1 Å². The summed E-state index contributed by atoms with van der Waals surface area (Å²) >= 11 is 0. The van der Waals surface area contributed by atoms with Gasteiger partial charge in [-0.2, -0.15) is 5.26 Å². The number of nitrogens with one attached hydrogen (secondary N) is 1. The van der Waals surface area contributed by atoms with E-state index in [0.717, 1.165) is 22.5 Å². The van der Waals surface area contributed by atoms with Crippen LogP contribution in [0.3, 0.4) is 0 Å². The lowest BCUT2D eigenvalue weighted by molar-refractivity contribution is 1.44. The fraction of sp³-hybridized carbons (Fsp3) is 0.100. The molecule has 3 N–H and O–H groups in total. The molecule has 0 atom stereocenters. The van der Waals surface area contributed by atoms with E-state index in [0.29, 0.717) is 6.54 Å². The summed E-state index contributed by atoms with van der Waals surface area (Å²) in [6.07, 6.45) is 1.56. The summed E-state index contributed by atoms with van der Waals surface area (Å²) in [5.41, 5.74) is 9.49. The number of nitriles is 1. The minimum absolute atomic E-state index is 0.715. The van der Waals surface area contributed by atoms with Crippen LogP contribution in [0.4, 0.5) is 11.4 Å². The number of rotatable bonds is 0. The fourth-order valence-electron chi connectivity index (χ4n) is 1.48. The normalized spacial score (nSPS) is 16.4. The average molecular weight is 171 g/mol. The second kappa shape index (κ2) is 2.83.